The number of carbonyl (C=O) groups is 1. The summed E-state index contributed by atoms with van der Waals surface area (Å²) in [5, 5.41) is 2.16. The Bertz CT molecular complexity index is 1100. The molecule has 3 aromatic rings. The molecular formula is C24H26N2O2S. The second-order valence-corrected chi connectivity index (χ2v) is 10.3. The summed E-state index contributed by atoms with van der Waals surface area (Å²) in [6.07, 6.45) is 12.1. The van der Waals surface area contributed by atoms with Crippen molar-refractivity contribution in [3.05, 3.63) is 41.5 Å². The highest BCUT2D eigenvalue weighted by Crippen LogP contribution is 2.60. The first-order valence-electron chi connectivity index (χ1n) is 10.9. The first-order valence-corrected chi connectivity index (χ1v) is 11.7. The molecule has 3 fully saturated rings. The average molecular weight is 407 g/mol. The van der Waals surface area contributed by atoms with Gasteiger partial charge in [-0.2, -0.15) is 0 Å². The number of rotatable bonds is 3. The molecule has 2 heterocycles. The number of carbonyl (C=O) groups excluding carboxylic acids is 1. The van der Waals surface area contributed by atoms with E-state index < -0.39 is 0 Å². The number of nitrogens with zero attached hydrogens (tertiary/aromatic N) is 2. The van der Waals surface area contributed by atoms with Crippen molar-refractivity contribution in [2.24, 2.45) is 17.8 Å². The maximum absolute atomic E-state index is 11.3. The summed E-state index contributed by atoms with van der Waals surface area (Å²) in [4.78, 5) is 17.5. The van der Waals surface area contributed by atoms with E-state index in [0.29, 0.717) is 11.2 Å². The first-order chi connectivity index (χ1) is 14.1. The standard InChI is InChI=1S/C24H26N2O2S/c1-15(27)28-20-7-3-5-17(9-20)21-14-29-23-25-22(13-26(21)23)24-10-16-4-2-6-18(11-24)19(8-16)12-24/h3,5,7,9,13-14,16,18-19H,2,4,6,8,10-12H2,1H3. The Kier molecular flexibility index (Phi) is 3.92. The summed E-state index contributed by atoms with van der Waals surface area (Å²) in [6, 6.07) is 7.78. The van der Waals surface area contributed by atoms with Crippen molar-refractivity contribution in [2.75, 3.05) is 0 Å². The van der Waals surface area contributed by atoms with Crippen LogP contribution in [-0.4, -0.2) is 15.4 Å². The van der Waals surface area contributed by atoms with Gasteiger partial charge in [0.1, 0.15) is 5.75 Å². The maximum atomic E-state index is 11.3. The van der Waals surface area contributed by atoms with Gasteiger partial charge >= 0.3 is 5.97 Å². The number of ether oxygens (including phenoxy) is 1. The predicted molar refractivity (Wildman–Crippen MR) is 114 cm³/mol. The summed E-state index contributed by atoms with van der Waals surface area (Å²) >= 11 is 1.70. The van der Waals surface area contributed by atoms with Gasteiger partial charge in [0, 0.05) is 29.5 Å². The minimum Gasteiger partial charge on any atom is -0.427 e. The molecule has 4 nitrogen and oxygen atoms in total. The molecule has 150 valence electrons. The minimum absolute atomic E-state index is 0.291. The van der Waals surface area contributed by atoms with Gasteiger partial charge < -0.3 is 4.74 Å². The van der Waals surface area contributed by atoms with Crippen LogP contribution >= 0.6 is 11.3 Å². The van der Waals surface area contributed by atoms with Gasteiger partial charge in [0.25, 0.3) is 0 Å². The largest absolute Gasteiger partial charge is 0.427 e. The molecule has 5 heteroatoms. The fraction of sp³-hybridized carbons (Fsp3) is 0.500. The molecule has 0 aliphatic heterocycles. The lowest BCUT2D eigenvalue weighted by atomic mass is 9.68. The van der Waals surface area contributed by atoms with Crippen LogP contribution in [-0.2, 0) is 10.2 Å². The third-order valence-electron chi connectivity index (χ3n) is 7.62. The minimum atomic E-state index is -0.291. The Hall–Kier alpha value is -2.14. The number of hydrogen-bond acceptors (Lipinski definition) is 4. The number of thiazole rings is 1. The second kappa shape index (κ2) is 6.43. The van der Waals surface area contributed by atoms with Crippen LogP contribution in [0.1, 0.15) is 57.6 Å². The highest BCUT2D eigenvalue weighted by Gasteiger charge is 2.53. The van der Waals surface area contributed by atoms with E-state index in [4.69, 9.17) is 9.72 Å². The Morgan fingerprint density at radius 1 is 1.24 bits per heavy atom. The zero-order valence-electron chi connectivity index (χ0n) is 16.8. The summed E-state index contributed by atoms with van der Waals surface area (Å²) in [5.74, 6) is 3.05. The Morgan fingerprint density at radius 3 is 3.03 bits per heavy atom. The smallest absolute Gasteiger partial charge is 0.308 e. The average Bonchev–Trinajstić information content (AvgIpc) is 3.30. The van der Waals surface area contributed by atoms with Crippen molar-refractivity contribution in [3.63, 3.8) is 0 Å². The summed E-state index contributed by atoms with van der Waals surface area (Å²) in [7, 11) is 0. The third kappa shape index (κ3) is 2.85. The van der Waals surface area contributed by atoms with Gasteiger partial charge in [-0.25, -0.2) is 4.98 Å². The van der Waals surface area contributed by atoms with Gasteiger partial charge in [0.2, 0.25) is 0 Å². The molecule has 4 unspecified atom stereocenters. The topological polar surface area (TPSA) is 43.6 Å². The van der Waals surface area contributed by atoms with Crippen molar-refractivity contribution in [1.29, 1.82) is 0 Å². The zero-order valence-corrected chi connectivity index (χ0v) is 17.6. The number of hydrogen-bond donors (Lipinski definition) is 0. The van der Waals surface area contributed by atoms with Crippen LogP contribution in [0.2, 0.25) is 0 Å². The molecule has 3 aliphatic rings. The Morgan fingerprint density at radius 2 is 2.14 bits per heavy atom. The molecule has 3 saturated carbocycles. The van der Waals surface area contributed by atoms with E-state index in [2.05, 4.69) is 22.0 Å². The number of benzene rings is 1. The summed E-state index contributed by atoms with van der Waals surface area (Å²) in [6.45, 7) is 1.44. The summed E-state index contributed by atoms with van der Waals surface area (Å²) < 4.78 is 7.54. The molecule has 2 aromatic heterocycles. The lowest BCUT2D eigenvalue weighted by molar-refractivity contribution is -0.131. The van der Waals surface area contributed by atoms with Gasteiger partial charge in [-0.3, -0.25) is 9.20 Å². The fourth-order valence-corrected chi connectivity index (χ4v) is 7.48. The molecule has 0 amide bonds. The van der Waals surface area contributed by atoms with Gasteiger partial charge in [-0.05, 0) is 55.6 Å². The second-order valence-electron chi connectivity index (χ2n) is 9.47. The van der Waals surface area contributed by atoms with Crippen LogP contribution in [0.5, 0.6) is 5.75 Å². The van der Waals surface area contributed by atoms with Gasteiger partial charge in [0.05, 0.1) is 11.4 Å². The Balaban J connectivity index is 1.39. The molecule has 29 heavy (non-hydrogen) atoms. The lowest BCUT2D eigenvalue weighted by Crippen LogP contribution is -2.31. The van der Waals surface area contributed by atoms with Crippen LogP contribution < -0.4 is 4.74 Å². The molecule has 3 bridgehead atoms. The van der Waals surface area contributed by atoms with E-state index >= 15 is 0 Å². The van der Waals surface area contributed by atoms with E-state index in [-0.39, 0.29) is 5.97 Å². The van der Waals surface area contributed by atoms with Gasteiger partial charge in [-0.1, -0.05) is 31.4 Å². The van der Waals surface area contributed by atoms with Crippen molar-refractivity contribution in [3.8, 4) is 17.0 Å². The monoisotopic (exact) mass is 406 g/mol. The molecule has 0 N–H and O–H groups in total. The molecule has 0 radical (unpaired) electrons. The highest BCUT2D eigenvalue weighted by molar-refractivity contribution is 7.15. The molecule has 1 aromatic carbocycles. The lowest BCUT2D eigenvalue weighted by Gasteiger charge is -2.36. The van der Waals surface area contributed by atoms with Crippen LogP contribution in [0.25, 0.3) is 16.2 Å². The van der Waals surface area contributed by atoms with E-state index in [1.165, 1.54) is 57.6 Å². The molecule has 0 spiro atoms. The Labute approximate surface area is 174 Å². The first kappa shape index (κ1) is 17.7. The number of fused-ring (bicyclic) bond motifs is 3. The van der Waals surface area contributed by atoms with Crippen LogP contribution in [0, 0.1) is 17.8 Å². The van der Waals surface area contributed by atoms with Crippen molar-refractivity contribution in [2.45, 2.75) is 57.3 Å². The maximum Gasteiger partial charge on any atom is 0.308 e. The quantitative estimate of drug-likeness (QED) is 0.405. The number of aromatic nitrogens is 2. The van der Waals surface area contributed by atoms with E-state index in [1.54, 1.807) is 11.3 Å². The summed E-state index contributed by atoms with van der Waals surface area (Å²) in [5.41, 5.74) is 3.81. The predicted octanol–water partition coefficient (Wildman–Crippen LogP) is 5.85. The number of imidazole rings is 1. The van der Waals surface area contributed by atoms with Crippen molar-refractivity contribution >= 4 is 22.3 Å². The molecule has 4 atom stereocenters. The van der Waals surface area contributed by atoms with Crippen LogP contribution in [0.15, 0.2) is 35.8 Å². The van der Waals surface area contributed by atoms with Crippen LogP contribution in [0.3, 0.4) is 0 Å². The van der Waals surface area contributed by atoms with Gasteiger partial charge in [-0.15, -0.1) is 11.3 Å². The molecule has 0 saturated heterocycles. The highest BCUT2D eigenvalue weighted by atomic mass is 32.1. The SMILES string of the molecule is CC(=O)Oc1cccc(-c2csc3nc(C45CC6CCCC(C4)C(C6)C5)cn23)c1. The van der Waals surface area contributed by atoms with Crippen molar-refractivity contribution < 1.29 is 9.53 Å². The zero-order chi connectivity index (χ0) is 19.6. The molecular weight excluding hydrogens is 380 g/mol. The van der Waals surface area contributed by atoms with E-state index in [1.807, 2.05) is 18.2 Å². The van der Waals surface area contributed by atoms with Crippen molar-refractivity contribution in [1.82, 2.24) is 9.38 Å². The number of esters is 1. The van der Waals surface area contributed by atoms with E-state index in [0.717, 1.165) is 34.0 Å². The van der Waals surface area contributed by atoms with Gasteiger partial charge in [0.15, 0.2) is 4.96 Å². The van der Waals surface area contributed by atoms with E-state index in [9.17, 15) is 4.79 Å². The fourth-order valence-electron chi connectivity index (χ4n) is 6.60. The normalized spacial score (nSPS) is 30.6. The third-order valence-corrected chi connectivity index (χ3v) is 8.46. The molecule has 3 aliphatic carbocycles. The molecule has 6 rings (SSSR count). The van der Waals surface area contributed by atoms with Crippen LogP contribution in [0.4, 0.5) is 0 Å².